The lowest BCUT2D eigenvalue weighted by molar-refractivity contribution is 0.0764. The fraction of sp³-hybridized carbons (Fsp3) is 0.333. The Hall–Kier alpha value is -2.73. The first-order valence-electron chi connectivity index (χ1n) is 9.10. The lowest BCUT2D eigenvalue weighted by atomic mass is 10.1. The Balaban J connectivity index is 1.80. The van der Waals surface area contributed by atoms with Gasteiger partial charge in [-0.05, 0) is 62.8 Å². The van der Waals surface area contributed by atoms with Crippen LogP contribution < -0.4 is 5.32 Å². The molecule has 1 aliphatic heterocycles. The van der Waals surface area contributed by atoms with Crippen molar-refractivity contribution in [2.75, 3.05) is 38.5 Å². The number of nitrogens with one attached hydrogen (secondary N) is 1. The van der Waals surface area contributed by atoms with E-state index in [4.69, 9.17) is 0 Å². The Morgan fingerprint density at radius 2 is 1.81 bits per heavy atom. The number of likely N-dealkylation sites (N-methyl/N-ethyl adjacent to an activating group) is 1. The molecule has 1 aliphatic rings. The van der Waals surface area contributed by atoms with Crippen molar-refractivity contribution in [1.82, 2.24) is 9.80 Å². The number of nitrogens with zero attached hydrogens (tertiary/aromatic N) is 2. The summed E-state index contributed by atoms with van der Waals surface area (Å²) >= 11 is 0. The predicted octanol–water partition coefficient (Wildman–Crippen LogP) is 3.16. The van der Waals surface area contributed by atoms with Gasteiger partial charge in [-0.1, -0.05) is 12.1 Å². The van der Waals surface area contributed by atoms with Gasteiger partial charge < -0.3 is 15.1 Å². The van der Waals surface area contributed by atoms with E-state index in [1.807, 2.05) is 11.9 Å². The summed E-state index contributed by atoms with van der Waals surface area (Å²) in [4.78, 5) is 29.6. The van der Waals surface area contributed by atoms with Crippen molar-refractivity contribution in [3.63, 3.8) is 0 Å². The van der Waals surface area contributed by atoms with E-state index in [0.717, 1.165) is 19.5 Å². The first-order chi connectivity index (χ1) is 13.0. The Bertz CT molecular complexity index is 853. The molecule has 2 aromatic carbocycles. The number of benzene rings is 2. The molecular formula is C21H24FN3O2. The second-order valence-corrected chi connectivity index (χ2v) is 6.91. The summed E-state index contributed by atoms with van der Waals surface area (Å²) in [6.45, 7) is 4.76. The van der Waals surface area contributed by atoms with Gasteiger partial charge in [0.15, 0.2) is 0 Å². The molecular weight excluding hydrogens is 345 g/mol. The van der Waals surface area contributed by atoms with E-state index in [2.05, 4.69) is 10.2 Å². The average molecular weight is 369 g/mol. The van der Waals surface area contributed by atoms with E-state index in [0.29, 0.717) is 35.5 Å². The van der Waals surface area contributed by atoms with Gasteiger partial charge in [0.05, 0.1) is 11.3 Å². The molecule has 0 aliphatic carbocycles. The van der Waals surface area contributed by atoms with Gasteiger partial charge in [-0.15, -0.1) is 0 Å². The molecule has 5 nitrogen and oxygen atoms in total. The zero-order valence-corrected chi connectivity index (χ0v) is 15.7. The Morgan fingerprint density at radius 1 is 1.04 bits per heavy atom. The zero-order chi connectivity index (χ0) is 19.4. The van der Waals surface area contributed by atoms with Gasteiger partial charge in [0.2, 0.25) is 0 Å². The van der Waals surface area contributed by atoms with E-state index in [9.17, 15) is 14.0 Å². The lowest BCUT2D eigenvalue weighted by Gasteiger charge is -2.22. The van der Waals surface area contributed by atoms with Crippen molar-refractivity contribution < 1.29 is 14.0 Å². The van der Waals surface area contributed by atoms with Gasteiger partial charge in [-0.2, -0.15) is 0 Å². The number of carbonyl (C=O) groups excluding carboxylic acids is 2. The maximum Gasteiger partial charge on any atom is 0.256 e. The maximum absolute atomic E-state index is 13.4. The summed E-state index contributed by atoms with van der Waals surface area (Å²) in [5.74, 6) is -0.807. The van der Waals surface area contributed by atoms with Crippen LogP contribution in [0.25, 0.3) is 0 Å². The minimum absolute atomic E-state index is 0.0866. The largest absolute Gasteiger partial charge is 0.337 e. The highest BCUT2D eigenvalue weighted by Crippen LogP contribution is 2.20. The number of hydrogen-bond acceptors (Lipinski definition) is 3. The summed E-state index contributed by atoms with van der Waals surface area (Å²) in [5, 5.41) is 2.80. The predicted molar refractivity (Wildman–Crippen MR) is 104 cm³/mol. The van der Waals surface area contributed by atoms with Crippen molar-refractivity contribution in [2.45, 2.75) is 13.3 Å². The number of aryl methyl sites for hydroxylation is 1. The van der Waals surface area contributed by atoms with E-state index in [-0.39, 0.29) is 17.6 Å². The van der Waals surface area contributed by atoms with Crippen LogP contribution in [0.2, 0.25) is 0 Å². The first-order valence-corrected chi connectivity index (χ1v) is 9.10. The molecule has 2 aromatic rings. The molecule has 1 heterocycles. The summed E-state index contributed by atoms with van der Waals surface area (Å²) in [7, 11) is 2.05. The molecule has 142 valence electrons. The normalized spacial score (nSPS) is 15.3. The molecule has 0 atom stereocenters. The Morgan fingerprint density at radius 3 is 2.59 bits per heavy atom. The molecule has 1 saturated heterocycles. The van der Waals surface area contributed by atoms with E-state index in [1.165, 1.54) is 18.2 Å². The third-order valence-electron chi connectivity index (χ3n) is 4.83. The Labute approximate surface area is 158 Å². The maximum atomic E-state index is 13.4. The molecule has 0 spiro atoms. The standard InChI is InChI=1S/C21H24FN3O2/c1-15-14-16(8-9-18(15)22)20(26)23-19-7-4-3-6-17(19)21(27)25-11-5-10-24(2)12-13-25/h3-4,6-9,14H,5,10-13H2,1-2H3,(H,23,26). The van der Waals surface area contributed by atoms with Crippen molar-refractivity contribution in [2.24, 2.45) is 0 Å². The number of para-hydroxylation sites is 1. The van der Waals surface area contributed by atoms with Crippen LogP contribution in [-0.2, 0) is 0 Å². The van der Waals surface area contributed by atoms with Crippen LogP contribution in [0.15, 0.2) is 42.5 Å². The molecule has 3 rings (SSSR count). The van der Waals surface area contributed by atoms with E-state index < -0.39 is 0 Å². The number of carbonyl (C=O) groups is 2. The molecule has 0 saturated carbocycles. The van der Waals surface area contributed by atoms with Gasteiger partial charge in [0.25, 0.3) is 11.8 Å². The zero-order valence-electron chi connectivity index (χ0n) is 15.7. The summed E-state index contributed by atoms with van der Waals surface area (Å²) in [5.41, 5.74) is 1.69. The number of hydrogen-bond donors (Lipinski definition) is 1. The van der Waals surface area contributed by atoms with Gasteiger partial charge >= 0.3 is 0 Å². The molecule has 0 radical (unpaired) electrons. The minimum Gasteiger partial charge on any atom is -0.337 e. The fourth-order valence-corrected chi connectivity index (χ4v) is 3.18. The lowest BCUT2D eigenvalue weighted by Crippen LogP contribution is -2.35. The van der Waals surface area contributed by atoms with E-state index >= 15 is 0 Å². The van der Waals surface area contributed by atoms with Crippen LogP contribution in [0.4, 0.5) is 10.1 Å². The molecule has 6 heteroatoms. The van der Waals surface area contributed by atoms with Crippen molar-refractivity contribution in [1.29, 1.82) is 0 Å². The molecule has 0 unspecified atom stereocenters. The summed E-state index contributed by atoms with van der Waals surface area (Å²) < 4.78 is 13.4. The number of amides is 2. The molecule has 1 N–H and O–H groups in total. The third kappa shape index (κ3) is 4.52. The highest BCUT2D eigenvalue weighted by molar-refractivity contribution is 6.09. The van der Waals surface area contributed by atoms with Crippen molar-refractivity contribution in [3.8, 4) is 0 Å². The molecule has 1 fully saturated rings. The SMILES string of the molecule is Cc1cc(C(=O)Nc2ccccc2C(=O)N2CCCN(C)CC2)ccc1F. The van der Waals surface area contributed by atoms with Crippen molar-refractivity contribution >= 4 is 17.5 Å². The van der Waals surface area contributed by atoms with Crippen LogP contribution >= 0.6 is 0 Å². The second kappa shape index (κ2) is 8.31. The molecule has 27 heavy (non-hydrogen) atoms. The van der Waals surface area contributed by atoms with Crippen LogP contribution in [0.5, 0.6) is 0 Å². The van der Waals surface area contributed by atoms with Crippen LogP contribution in [-0.4, -0.2) is 54.8 Å². The van der Waals surface area contributed by atoms with Gasteiger partial charge in [-0.3, -0.25) is 9.59 Å². The summed E-state index contributed by atoms with van der Waals surface area (Å²) in [6.07, 6.45) is 0.922. The fourth-order valence-electron chi connectivity index (χ4n) is 3.18. The second-order valence-electron chi connectivity index (χ2n) is 6.91. The molecule has 0 bridgehead atoms. The number of rotatable bonds is 3. The van der Waals surface area contributed by atoms with Crippen LogP contribution in [0.3, 0.4) is 0 Å². The average Bonchev–Trinajstić information content (AvgIpc) is 2.88. The monoisotopic (exact) mass is 369 g/mol. The molecule has 2 amide bonds. The van der Waals surface area contributed by atoms with Crippen LogP contribution in [0.1, 0.15) is 32.7 Å². The Kier molecular flexibility index (Phi) is 5.86. The highest BCUT2D eigenvalue weighted by Gasteiger charge is 2.22. The van der Waals surface area contributed by atoms with Gasteiger partial charge in [0, 0.05) is 25.2 Å². The quantitative estimate of drug-likeness (QED) is 0.904. The van der Waals surface area contributed by atoms with Gasteiger partial charge in [-0.25, -0.2) is 4.39 Å². The third-order valence-corrected chi connectivity index (χ3v) is 4.83. The molecule has 0 aromatic heterocycles. The minimum atomic E-state index is -0.367. The first kappa shape index (κ1) is 19.0. The van der Waals surface area contributed by atoms with Crippen LogP contribution in [0, 0.1) is 12.7 Å². The smallest absolute Gasteiger partial charge is 0.256 e. The number of anilines is 1. The highest BCUT2D eigenvalue weighted by atomic mass is 19.1. The topological polar surface area (TPSA) is 52.7 Å². The van der Waals surface area contributed by atoms with Gasteiger partial charge in [0.1, 0.15) is 5.82 Å². The summed E-state index contributed by atoms with van der Waals surface area (Å²) in [6, 6.07) is 11.2. The van der Waals surface area contributed by atoms with E-state index in [1.54, 1.807) is 31.2 Å². The van der Waals surface area contributed by atoms with Crippen molar-refractivity contribution in [3.05, 3.63) is 65.0 Å². The number of halogens is 1.